The molecule has 0 saturated heterocycles. The fourth-order valence-corrected chi connectivity index (χ4v) is 7.04. The summed E-state index contributed by atoms with van der Waals surface area (Å²) in [6.07, 6.45) is 2.76. The van der Waals surface area contributed by atoms with Gasteiger partial charge < -0.3 is 39.5 Å². The van der Waals surface area contributed by atoms with Gasteiger partial charge in [0.1, 0.15) is 34.4 Å². The Hall–Kier alpha value is -9.20. The summed E-state index contributed by atoms with van der Waals surface area (Å²) in [5.74, 6) is 2.73. The largest absolute Gasteiger partial charge is 0.454 e. The van der Waals surface area contributed by atoms with Crippen LogP contribution in [-0.2, 0) is 26.2 Å². The smallest absolute Gasteiger partial charge is 0.328 e. The Morgan fingerprint density at radius 2 is 0.924 bits per heavy atom. The molecule has 20 nitrogen and oxygen atoms in total. The molecule has 4 aromatic heterocycles. The van der Waals surface area contributed by atoms with Crippen molar-refractivity contribution in [3.63, 3.8) is 0 Å². The van der Waals surface area contributed by atoms with E-state index in [1.165, 1.54) is 33.7 Å². The van der Waals surface area contributed by atoms with E-state index in [0.29, 0.717) is 46.0 Å². The first-order chi connectivity index (χ1) is 32.1. The van der Waals surface area contributed by atoms with Gasteiger partial charge in [-0.3, -0.25) is 38.3 Å². The van der Waals surface area contributed by atoms with Gasteiger partial charge >= 0.3 is 11.4 Å². The van der Waals surface area contributed by atoms with Crippen LogP contribution in [0.5, 0.6) is 23.0 Å². The number of hydrogen-bond donors (Lipinski definition) is 6. The minimum absolute atomic E-state index is 0.0604. The van der Waals surface area contributed by atoms with Crippen molar-refractivity contribution in [2.75, 3.05) is 13.6 Å². The Morgan fingerprint density at radius 1 is 0.515 bits per heavy atom. The minimum atomic E-state index is -0.561. The maximum Gasteiger partial charge on any atom is 0.328 e. The highest BCUT2D eigenvalue weighted by atomic mass is 16.7. The van der Waals surface area contributed by atoms with Crippen molar-refractivity contribution in [3.8, 4) is 45.5 Å². The highest BCUT2D eigenvalue weighted by Gasteiger charge is 2.22. The maximum atomic E-state index is 13.1. The van der Waals surface area contributed by atoms with Gasteiger partial charge in [-0.2, -0.15) is 0 Å². The van der Waals surface area contributed by atoms with Crippen LogP contribution in [0.2, 0.25) is 0 Å². The van der Waals surface area contributed by atoms with E-state index in [2.05, 4.69) is 40.5 Å². The van der Waals surface area contributed by atoms with Crippen LogP contribution < -0.4 is 52.1 Å². The monoisotopic (exact) mass is 890 g/mol. The molecule has 2 aliphatic heterocycles. The zero-order valence-corrected chi connectivity index (χ0v) is 34.7. The normalized spacial score (nSPS) is 12.0. The number of rotatable bonds is 12. The number of imidazole rings is 2. The van der Waals surface area contributed by atoms with Gasteiger partial charge in [0.15, 0.2) is 23.0 Å². The first kappa shape index (κ1) is 42.1. The van der Waals surface area contributed by atoms with Gasteiger partial charge in [0.05, 0.1) is 13.1 Å². The molecule has 66 heavy (non-hydrogen) atoms. The molecule has 0 radical (unpaired) electrons. The molecule has 0 spiro atoms. The molecule has 0 saturated carbocycles. The van der Waals surface area contributed by atoms with Gasteiger partial charge in [0, 0.05) is 48.7 Å². The third-order valence-corrected chi connectivity index (χ3v) is 10.3. The predicted molar refractivity (Wildman–Crippen MR) is 236 cm³/mol. The van der Waals surface area contributed by atoms with Crippen molar-refractivity contribution in [3.05, 3.63) is 197 Å². The number of benzene rings is 4. The highest BCUT2D eigenvalue weighted by Crippen LogP contribution is 2.33. The van der Waals surface area contributed by atoms with Crippen LogP contribution in [0, 0.1) is 0 Å². The van der Waals surface area contributed by atoms with Gasteiger partial charge in [0.25, 0.3) is 22.9 Å². The summed E-state index contributed by atoms with van der Waals surface area (Å²) in [6, 6.07) is 32.0. The second-order valence-electron chi connectivity index (χ2n) is 14.8. The Labute approximate surface area is 371 Å². The fourth-order valence-electron chi connectivity index (χ4n) is 7.04. The summed E-state index contributed by atoms with van der Waals surface area (Å²) < 4.78 is 24.0. The number of aromatic amines is 4. The van der Waals surface area contributed by atoms with Gasteiger partial charge in [-0.1, -0.05) is 72.8 Å². The number of nitrogens with one attached hydrogen (secondary N) is 6. The average molecular weight is 891 g/mol. The first-order valence-electron chi connectivity index (χ1n) is 20.3. The lowest BCUT2D eigenvalue weighted by atomic mass is 10.1. The van der Waals surface area contributed by atoms with Crippen LogP contribution in [-0.4, -0.2) is 64.4 Å². The van der Waals surface area contributed by atoms with Crippen LogP contribution in [0.4, 0.5) is 0 Å². The molecule has 6 N–H and O–H groups in total. The molecule has 0 fully saturated rings. The van der Waals surface area contributed by atoms with Crippen molar-refractivity contribution < 1.29 is 28.5 Å². The molecule has 0 bridgehead atoms. The number of carbonyl (C=O) groups excluding carboxylic acids is 2. The maximum absolute atomic E-state index is 13.1. The lowest BCUT2D eigenvalue weighted by molar-refractivity contribution is 0.0939. The van der Waals surface area contributed by atoms with Crippen LogP contribution in [0.25, 0.3) is 22.5 Å². The number of H-pyrrole nitrogens is 4. The number of hydrogen-bond acceptors (Lipinski definition) is 12. The molecule has 4 aromatic carbocycles. The van der Waals surface area contributed by atoms with Crippen molar-refractivity contribution in [1.82, 2.24) is 49.7 Å². The number of aromatic nitrogens is 8. The molecular weight excluding hydrogens is 853 g/mol. The quantitative estimate of drug-likeness (QED) is 0.103. The van der Waals surface area contributed by atoms with Gasteiger partial charge in [-0.25, -0.2) is 19.6 Å². The topological polar surface area (TPSA) is 262 Å². The molecule has 20 heteroatoms. The molecule has 8 aromatic rings. The van der Waals surface area contributed by atoms with Crippen molar-refractivity contribution in [1.29, 1.82) is 0 Å². The lowest BCUT2D eigenvalue weighted by Crippen LogP contribution is -2.29. The number of nitrogens with zero attached hydrogens (tertiary/aromatic N) is 4. The Balaban J connectivity index is 0.000000166. The predicted octanol–water partition coefficient (Wildman–Crippen LogP) is 3.27. The average Bonchev–Trinajstić information content (AvgIpc) is 4.17. The van der Waals surface area contributed by atoms with Crippen LogP contribution >= 0.6 is 0 Å². The Bertz CT molecular complexity index is 3100. The third-order valence-electron chi connectivity index (χ3n) is 10.3. The molecule has 332 valence electrons. The number of fused-ring (bicyclic) bond motifs is 2. The molecular formula is C46H38N10O10. The first-order valence-corrected chi connectivity index (χ1v) is 20.3. The van der Waals surface area contributed by atoms with E-state index >= 15 is 0 Å². The molecule has 0 aliphatic carbocycles. The zero-order chi connectivity index (χ0) is 45.6. The lowest BCUT2D eigenvalue weighted by Gasteiger charge is -2.07. The minimum Gasteiger partial charge on any atom is -0.454 e. The van der Waals surface area contributed by atoms with Gasteiger partial charge in [-0.15, -0.1) is 0 Å². The standard InChI is InChI=1S/2C23H19N5O5/c2*29-19-8-9-28(23(31)27-19)12-18-25-20(15-4-2-1-3-5-15)21(26-18)22(30)24-11-14-6-7-16-17(10-14)33-13-32-16/h2*1-10H,11-13H2,(H,24,30)(H,25,26)(H,27,29,31). The Morgan fingerprint density at radius 3 is 1.33 bits per heavy atom. The molecule has 2 aliphatic rings. The zero-order valence-electron chi connectivity index (χ0n) is 34.7. The van der Waals surface area contributed by atoms with Crippen LogP contribution in [0.3, 0.4) is 0 Å². The SMILES string of the molecule is O=C(NCc1ccc2c(c1)OCO2)c1[nH]c(Cn2ccc(=O)[nH]c2=O)nc1-c1ccccc1.O=C(NCc1ccc2c(c1)OCO2)c1[nH]c(Cn2ccc(=O)[nH]c2=O)nc1-c1ccccc1. The second-order valence-corrected chi connectivity index (χ2v) is 14.8. The van der Waals surface area contributed by atoms with Crippen molar-refractivity contribution in [2.24, 2.45) is 0 Å². The Kier molecular flexibility index (Phi) is 11.9. The van der Waals surface area contributed by atoms with E-state index in [4.69, 9.17) is 18.9 Å². The number of amides is 2. The third kappa shape index (κ3) is 9.56. The van der Waals surface area contributed by atoms with Crippen LogP contribution in [0.1, 0.15) is 43.8 Å². The molecule has 2 amide bonds. The summed E-state index contributed by atoms with van der Waals surface area (Å²) in [7, 11) is 0. The van der Waals surface area contributed by atoms with E-state index in [0.717, 1.165) is 22.3 Å². The molecule has 0 unspecified atom stereocenters. The molecule has 6 heterocycles. The molecule has 0 atom stereocenters. The molecule has 10 rings (SSSR count). The van der Waals surface area contributed by atoms with E-state index in [9.17, 15) is 28.8 Å². The number of carbonyl (C=O) groups is 2. The van der Waals surface area contributed by atoms with Crippen molar-refractivity contribution >= 4 is 11.8 Å². The fraction of sp³-hybridized carbons (Fsp3) is 0.130. The summed E-state index contributed by atoms with van der Waals surface area (Å²) in [4.78, 5) is 92.4. The van der Waals surface area contributed by atoms with E-state index in [-0.39, 0.29) is 63.0 Å². The van der Waals surface area contributed by atoms with E-state index in [1.807, 2.05) is 84.9 Å². The highest BCUT2D eigenvalue weighted by molar-refractivity contribution is 5.99. The van der Waals surface area contributed by atoms with Gasteiger partial charge in [0.2, 0.25) is 13.6 Å². The number of ether oxygens (including phenoxy) is 4. The van der Waals surface area contributed by atoms with Crippen molar-refractivity contribution in [2.45, 2.75) is 26.2 Å². The van der Waals surface area contributed by atoms with E-state index < -0.39 is 22.5 Å². The van der Waals surface area contributed by atoms with Gasteiger partial charge in [-0.05, 0) is 35.4 Å². The summed E-state index contributed by atoms with van der Waals surface area (Å²) in [6.45, 7) is 1.03. The van der Waals surface area contributed by atoms with E-state index in [1.54, 1.807) is 12.1 Å². The summed E-state index contributed by atoms with van der Waals surface area (Å²) >= 11 is 0. The van der Waals surface area contributed by atoms with Crippen LogP contribution in [0.15, 0.2) is 141 Å². The summed E-state index contributed by atoms with van der Waals surface area (Å²) in [5, 5.41) is 5.78. The second kappa shape index (κ2) is 18.6. The summed E-state index contributed by atoms with van der Waals surface area (Å²) in [5.41, 5.74) is 2.60.